The fraction of sp³-hybridized carbons (Fsp3) is 0.500. The topological polar surface area (TPSA) is 50.4 Å². The summed E-state index contributed by atoms with van der Waals surface area (Å²) in [6, 6.07) is 6.16. The van der Waals surface area contributed by atoms with E-state index < -0.39 is 12.8 Å². The molecule has 0 aliphatic carbocycles. The highest BCUT2D eigenvalue weighted by atomic mass is 19.4. The van der Waals surface area contributed by atoms with Crippen LogP contribution in [0, 0.1) is 5.92 Å². The molecule has 7 heteroatoms. The average Bonchev–Trinajstić information content (AvgIpc) is 2.83. The zero-order valence-corrected chi connectivity index (χ0v) is 11.5. The first-order chi connectivity index (χ1) is 9.87. The molecule has 1 aliphatic rings. The number of para-hydroxylation sites is 2. The quantitative estimate of drug-likeness (QED) is 0.899. The smallest absolute Gasteiger partial charge is 0.422 e. The molecule has 2 N–H and O–H groups in total. The van der Waals surface area contributed by atoms with E-state index in [4.69, 9.17) is 4.74 Å². The number of carbonyl (C=O) groups excluding carboxylic acids is 1. The molecule has 0 bridgehead atoms. The van der Waals surface area contributed by atoms with Crippen LogP contribution in [0.4, 0.5) is 18.9 Å². The third-order valence-corrected chi connectivity index (χ3v) is 3.40. The largest absolute Gasteiger partial charge is 0.482 e. The molecule has 1 heterocycles. The molecule has 1 amide bonds. The molecule has 2 atom stereocenters. The molecule has 116 valence electrons. The summed E-state index contributed by atoms with van der Waals surface area (Å²) in [7, 11) is 0. The molecule has 1 aliphatic heterocycles. The molecule has 4 nitrogen and oxygen atoms in total. The Balaban J connectivity index is 2.04. The predicted octanol–water partition coefficient (Wildman–Crippen LogP) is 2.56. The molecular weight excluding hydrogens is 285 g/mol. The van der Waals surface area contributed by atoms with Crippen molar-refractivity contribution in [1.29, 1.82) is 0 Å². The van der Waals surface area contributed by atoms with Crippen LogP contribution >= 0.6 is 0 Å². The zero-order chi connectivity index (χ0) is 15.5. The lowest BCUT2D eigenvalue weighted by atomic mass is 10.0. The number of anilines is 1. The van der Waals surface area contributed by atoms with E-state index in [0.717, 1.165) is 6.54 Å². The second-order valence-corrected chi connectivity index (χ2v) is 5.03. The minimum Gasteiger partial charge on any atom is -0.482 e. The first-order valence-electron chi connectivity index (χ1n) is 6.69. The number of halogens is 3. The minimum absolute atomic E-state index is 0.0155. The van der Waals surface area contributed by atoms with Gasteiger partial charge in [-0.3, -0.25) is 4.79 Å². The molecule has 2 rings (SSSR count). The lowest BCUT2D eigenvalue weighted by Crippen LogP contribution is -2.32. The van der Waals surface area contributed by atoms with Crippen molar-refractivity contribution in [3.8, 4) is 5.75 Å². The SMILES string of the molecule is CC1NCCC1C(=O)Nc1ccccc1OCC(F)(F)F. The Kier molecular flexibility index (Phi) is 4.72. The Morgan fingerprint density at radius 2 is 2.14 bits per heavy atom. The van der Waals surface area contributed by atoms with Gasteiger partial charge in [-0.05, 0) is 32.0 Å². The van der Waals surface area contributed by atoms with Gasteiger partial charge in [0.05, 0.1) is 11.6 Å². The normalized spacial score (nSPS) is 22.1. The monoisotopic (exact) mass is 302 g/mol. The van der Waals surface area contributed by atoms with E-state index in [0.29, 0.717) is 6.42 Å². The number of rotatable bonds is 4. The third kappa shape index (κ3) is 4.35. The van der Waals surface area contributed by atoms with E-state index in [-0.39, 0.29) is 29.3 Å². The van der Waals surface area contributed by atoms with Crippen molar-refractivity contribution in [2.45, 2.75) is 25.6 Å². The summed E-state index contributed by atoms with van der Waals surface area (Å²) >= 11 is 0. The lowest BCUT2D eigenvalue weighted by molar-refractivity contribution is -0.153. The predicted molar refractivity (Wildman–Crippen MR) is 72.2 cm³/mol. The fourth-order valence-corrected chi connectivity index (χ4v) is 2.30. The van der Waals surface area contributed by atoms with E-state index in [2.05, 4.69) is 10.6 Å². The Morgan fingerprint density at radius 1 is 1.43 bits per heavy atom. The van der Waals surface area contributed by atoms with Gasteiger partial charge in [0.25, 0.3) is 0 Å². The summed E-state index contributed by atoms with van der Waals surface area (Å²) < 4.78 is 41.4. The lowest BCUT2D eigenvalue weighted by Gasteiger charge is -2.17. The maximum Gasteiger partial charge on any atom is 0.422 e. The summed E-state index contributed by atoms with van der Waals surface area (Å²) in [4.78, 5) is 12.1. The van der Waals surface area contributed by atoms with Crippen LogP contribution in [-0.4, -0.2) is 31.3 Å². The summed E-state index contributed by atoms with van der Waals surface area (Å²) in [6.45, 7) is 1.27. The van der Waals surface area contributed by atoms with Crippen LogP contribution in [-0.2, 0) is 4.79 Å². The molecule has 0 radical (unpaired) electrons. The van der Waals surface area contributed by atoms with Crippen molar-refractivity contribution in [3.05, 3.63) is 24.3 Å². The molecule has 0 saturated carbocycles. The highest BCUT2D eigenvalue weighted by Gasteiger charge is 2.31. The molecule has 1 aromatic rings. The summed E-state index contributed by atoms with van der Waals surface area (Å²) in [5, 5.41) is 5.80. The van der Waals surface area contributed by atoms with Crippen LogP contribution in [0.3, 0.4) is 0 Å². The van der Waals surface area contributed by atoms with Gasteiger partial charge in [0.1, 0.15) is 5.75 Å². The van der Waals surface area contributed by atoms with Crippen molar-refractivity contribution in [2.75, 3.05) is 18.5 Å². The van der Waals surface area contributed by atoms with Crippen LogP contribution in [0.15, 0.2) is 24.3 Å². The Hall–Kier alpha value is -1.76. The van der Waals surface area contributed by atoms with Gasteiger partial charge in [0.2, 0.25) is 5.91 Å². The number of benzene rings is 1. The van der Waals surface area contributed by atoms with E-state index in [1.54, 1.807) is 12.1 Å². The van der Waals surface area contributed by atoms with Gasteiger partial charge < -0.3 is 15.4 Å². The molecule has 0 aromatic heterocycles. The van der Waals surface area contributed by atoms with Crippen LogP contribution < -0.4 is 15.4 Å². The number of hydrogen-bond donors (Lipinski definition) is 2. The molecule has 2 unspecified atom stereocenters. The van der Waals surface area contributed by atoms with Crippen LogP contribution in [0.25, 0.3) is 0 Å². The maximum atomic E-state index is 12.2. The van der Waals surface area contributed by atoms with Crippen molar-refractivity contribution < 1.29 is 22.7 Å². The number of ether oxygens (including phenoxy) is 1. The molecular formula is C14H17F3N2O2. The Morgan fingerprint density at radius 3 is 2.76 bits per heavy atom. The number of nitrogens with one attached hydrogen (secondary N) is 2. The fourth-order valence-electron chi connectivity index (χ4n) is 2.30. The van der Waals surface area contributed by atoms with Crippen molar-refractivity contribution in [1.82, 2.24) is 5.32 Å². The summed E-state index contributed by atoms with van der Waals surface area (Å²) in [5.74, 6) is -0.391. The van der Waals surface area contributed by atoms with Gasteiger partial charge in [-0.25, -0.2) is 0 Å². The first kappa shape index (κ1) is 15.6. The van der Waals surface area contributed by atoms with E-state index in [1.807, 2.05) is 6.92 Å². The first-order valence-corrected chi connectivity index (χ1v) is 6.69. The minimum atomic E-state index is -4.42. The second kappa shape index (κ2) is 6.34. The van der Waals surface area contributed by atoms with E-state index >= 15 is 0 Å². The van der Waals surface area contributed by atoms with Crippen molar-refractivity contribution in [2.24, 2.45) is 5.92 Å². The number of amides is 1. The maximum absolute atomic E-state index is 12.2. The van der Waals surface area contributed by atoms with Crippen LogP contribution in [0.2, 0.25) is 0 Å². The van der Waals surface area contributed by atoms with E-state index in [1.165, 1.54) is 12.1 Å². The van der Waals surface area contributed by atoms with Crippen LogP contribution in [0.1, 0.15) is 13.3 Å². The Bertz CT molecular complexity index is 505. The Labute approximate surface area is 120 Å². The van der Waals surface area contributed by atoms with Gasteiger partial charge >= 0.3 is 6.18 Å². The van der Waals surface area contributed by atoms with Crippen molar-refractivity contribution in [3.63, 3.8) is 0 Å². The standard InChI is InChI=1S/C14H17F3N2O2/c1-9-10(6-7-18-9)13(20)19-11-4-2-3-5-12(11)21-8-14(15,16)17/h2-5,9-10,18H,6-8H2,1H3,(H,19,20). The zero-order valence-electron chi connectivity index (χ0n) is 11.5. The third-order valence-electron chi connectivity index (χ3n) is 3.40. The average molecular weight is 302 g/mol. The number of hydrogen-bond acceptors (Lipinski definition) is 3. The molecule has 1 aromatic carbocycles. The van der Waals surface area contributed by atoms with Crippen LogP contribution in [0.5, 0.6) is 5.75 Å². The van der Waals surface area contributed by atoms with Gasteiger partial charge in [-0.15, -0.1) is 0 Å². The molecule has 0 spiro atoms. The molecule has 21 heavy (non-hydrogen) atoms. The van der Waals surface area contributed by atoms with E-state index in [9.17, 15) is 18.0 Å². The second-order valence-electron chi connectivity index (χ2n) is 5.03. The highest BCUT2D eigenvalue weighted by Crippen LogP contribution is 2.27. The number of alkyl halides is 3. The van der Waals surface area contributed by atoms with Gasteiger partial charge in [-0.1, -0.05) is 12.1 Å². The van der Waals surface area contributed by atoms with Gasteiger partial charge in [0.15, 0.2) is 6.61 Å². The van der Waals surface area contributed by atoms with Crippen molar-refractivity contribution >= 4 is 11.6 Å². The van der Waals surface area contributed by atoms with Gasteiger partial charge in [0, 0.05) is 6.04 Å². The summed E-state index contributed by atoms with van der Waals surface area (Å²) in [6.07, 6.45) is -3.71. The summed E-state index contributed by atoms with van der Waals surface area (Å²) in [5.41, 5.74) is 0.255. The van der Waals surface area contributed by atoms with Gasteiger partial charge in [-0.2, -0.15) is 13.2 Å². The number of carbonyl (C=O) groups is 1. The molecule has 1 saturated heterocycles. The highest BCUT2D eigenvalue weighted by molar-refractivity contribution is 5.94. The molecule has 1 fully saturated rings.